The lowest BCUT2D eigenvalue weighted by Crippen LogP contribution is -2.20. The number of hydrogen-bond acceptors (Lipinski definition) is 2. The Bertz CT molecular complexity index is 588. The standard InChI is InChI=1S/C16H17BrFNO/c1-3-20-14-10-5-4-7-11(14)16(19-2)12-8-6-9-13(17)15(12)18/h4-10,16,19H,3H2,1-2H3. The summed E-state index contributed by atoms with van der Waals surface area (Å²) in [6.45, 7) is 2.51. The molecule has 0 aliphatic heterocycles. The van der Waals surface area contributed by atoms with E-state index in [0.29, 0.717) is 16.6 Å². The Hall–Kier alpha value is -1.39. The second kappa shape index (κ2) is 6.86. The third-order valence-electron chi connectivity index (χ3n) is 3.11. The molecule has 2 aromatic rings. The van der Waals surface area contributed by atoms with Gasteiger partial charge in [-0.15, -0.1) is 0 Å². The molecule has 0 fully saturated rings. The normalized spacial score (nSPS) is 12.2. The summed E-state index contributed by atoms with van der Waals surface area (Å²) in [6.07, 6.45) is 0. The zero-order valence-electron chi connectivity index (χ0n) is 11.5. The highest BCUT2D eigenvalue weighted by molar-refractivity contribution is 9.10. The average Bonchev–Trinajstić information content (AvgIpc) is 2.46. The van der Waals surface area contributed by atoms with Crippen LogP contribution in [0.25, 0.3) is 0 Å². The second-order valence-corrected chi connectivity index (χ2v) is 5.19. The van der Waals surface area contributed by atoms with E-state index in [9.17, 15) is 4.39 Å². The Morgan fingerprint density at radius 3 is 2.55 bits per heavy atom. The van der Waals surface area contributed by atoms with E-state index in [1.807, 2.05) is 44.3 Å². The predicted molar refractivity (Wildman–Crippen MR) is 82.6 cm³/mol. The summed E-state index contributed by atoms with van der Waals surface area (Å²) in [5.41, 5.74) is 1.52. The van der Waals surface area contributed by atoms with Gasteiger partial charge in [0.25, 0.3) is 0 Å². The molecule has 0 amide bonds. The lowest BCUT2D eigenvalue weighted by molar-refractivity contribution is 0.334. The van der Waals surface area contributed by atoms with Crippen molar-refractivity contribution >= 4 is 15.9 Å². The summed E-state index contributed by atoms with van der Waals surface area (Å²) in [7, 11) is 1.81. The molecule has 0 heterocycles. The number of rotatable bonds is 5. The summed E-state index contributed by atoms with van der Waals surface area (Å²) in [5.74, 6) is 0.520. The highest BCUT2D eigenvalue weighted by Crippen LogP contribution is 2.33. The lowest BCUT2D eigenvalue weighted by atomic mass is 9.97. The molecule has 2 nitrogen and oxygen atoms in total. The molecule has 0 saturated heterocycles. The highest BCUT2D eigenvalue weighted by atomic mass is 79.9. The van der Waals surface area contributed by atoms with E-state index in [1.165, 1.54) is 0 Å². The van der Waals surface area contributed by atoms with Crippen molar-refractivity contribution in [2.24, 2.45) is 0 Å². The van der Waals surface area contributed by atoms with Crippen LogP contribution in [0.2, 0.25) is 0 Å². The molecule has 0 saturated carbocycles. The van der Waals surface area contributed by atoms with Crippen LogP contribution in [0.15, 0.2) is 46.9 Å². The van der Waals surface area contributed by atoms with Gasteiger partial charge in [0.05, 0.1) is 17.1 Å². The van der Waals surface area contributed by atoms with Crippen molar-refractivity contribution in [1.29, 1.82) is 0 Å². The van der Waals surface area contributed by atoms with Crippen molar-refractivity contribution in [2.45, 2.75) is 13.0 Å². The number of halogens is 2. The van der Waals surface area contributed by atoms with Crippen LogP contribution in [0.5, 0.6) is 5.75 Å². The first-order chi connectivity index (χ1) is 9.69. The molecule has 2 rings (SSSR count). The van der Waals surface area contributed by atoms with Gasteiger partial charge in [-0.25, -0.2) is 4.39 Å². The van der Waals surface area contributed by atoms with Gasteiger partial charge in [-0.2, -0.15) is 0 Å². The van der Waals surface area contributed by atoms with E-state index in [2.05, 4.69) is 21.2 Å². The third-order valence-corrected chi connectivity index (χ3v) is 3.72. The minimum Gasteiger partial charge on any atom is -0.494 e. The number of ether oxygens (including phenoxy) is 1. The fourth-order valence-corrected chi connectivity index (χ4v) is 2.61. The third kappa shape index (κ3) is 3.02. The molecule has 0 aliphatic carbocycles. The SMILES string of the molecule is CCOc1ccccc1C(NC)c1cccc(Br)c1F. The highest BCUT2D eigenvalue weighted by Gasteiger charge is 2.20. The van der Waals surface area contributed by atoms with E-state index >= 15 is 0 Å². The van der Waals surface area contributed by atoms with Gasteiger partial charge in [-0.1, -0.05) is 30.3 Å². The molecule has 0 spiro atoms. The quantitative estimate of drug-likeness (QED) is 0.878. The first kappa shape index (κ1) is 15.0. The van der Waals surface area contributed by atoms with Gasteiger partial charge >= 0.3 is 0 Å². The van der Waals surface area contributed by atoms with Gasteiger partial charge in [0.1, 0.15) is 11.6 Å². The van der Waals surface area contributed by atoms with Crippen LogP contribution in [0.4, 0.5) is 4.39 Å². The van der Waals surface area contributed by atoms with E-state index in [4.69, 9.17) is 4.74 Å². The summed E-state index contributed by atoms with van der Waals surface area (Å²) in [5, 5.41) is 3.16. The van der Waals surface area contributed by atoms with Crippen LogP contribution in [-0.2, 0) is 0 Å². The largest absolute Gasteiger partial charge is 0.494 e. The van der Waals surface area contributed by atoms with Crippen LogP contribution in [-0.4, -0.2) is 13.7 Å². The van der Waals surface area contributed by atoms with Crippen molar-refractivity contribution in [3.05, 3.63) is 63.9 Å². The zero-order chi connectivity index (χ0) is 14.5. The van der Waals surface area contributed by atoms with E-state index in [0.717, 1.165) is 11.3 Å². The van der Waals surface area contributed by atoms with Gasteiger partial charge in [0.15, 0.2) is 0 Å². The summed E-state index contributed by atoms with van der Waals surface area (Å²) in [4.78, 5) is 0. The smallest absolute Gasteiger partial charge is 0.142 e. The van der Waals surface area contributed by atoms with Gasteiger partial charge in [0, 0.05) is 11.1 Å². The Morgan fingerprint density at radius 1 is 1.15 bits per heavy atom. The topological polar surface area (TPSA) is 21.3 Å². The summed E-state index contributed by atoms with van der Waals surface area (Å²) in [6, 6.07) is 12.7. The van der Waals surface area contributed by atoms with Crippen molar-refractivity contribution in [3.8, 4) is 5.75 Å². The van der Waals surface area contributed by atoms with Gasteiger partial charge in [0.2, 0.25) is 0 Å². The van der Waals surface area contributed by atoms with Crippen molar-refractivity contribution in [3.63, 3.8) is 0 Å². The fraction of sp³-hybridized carbons (Fsp3) is 0.250. The summed E-state index contributed by atoms with van der Waals surface area (Å²) >= 11 is 3.23. The first-order valence-electron chi connectivity index (χ1n) is 6.52. The maximum atomic E-state index is 14.3. The molecule has 0 radical (unpaired) electrons. The molecule has 106 valence electrons. The Morgan fingerprint density at radius 2 is 1.85 bits per heavy atom. The number of benzene rings is 2. The van der Waals surface area contributed by atoms with E-state index in [-0.39, 0.29) is 11.9 Å². The predicted octanol–water partition coefficient (Wildman–Crippen LogP) is 4.30. The van der Waals surface area contributed by atoms with Crippen molar-refractivity contribution in [1.82, 2.24) is 5.32 Å². The number of nitrogens with one attached hydrogen (secondary N) is 1. The lowest BCUT2D eigenvalue weighted by Gasteiger charge is -2.21. The van der Waals surface area contributed by atoms with E-state index in [1.54, 1.807) is 12.1 Å². The van der Waals surface area contributed by atoms with Crippen molar-refractivity contribution < 1.29 is 9.13 Å². The Balaban J connectivity index is 2.50. The van der Waals surface area contributed by atoms with Crippen LogP contribution >= 0.6 is 15.9 Å². The Kier molecular flexibility index (Phi) is 5.15. The van der Waals surface area contributed by atoms with Crippen molar-refractivity contribution in [2.75, 3.05) is 13.7 Å². The number of hydrogen-bond donors (Lipinski definition) is 1. The molecular weight excluding hydrogens is 321 g/mol. The van der Waals surface area contributed by atoms with Crippen LogP contribution in [0, 0.1) is 5.82 Å². The molecule has 1 N–H and O–H groups in total. The van der Waals surface area contributed by atoms with Gasteiger partial charge in [-0.05, 0) is 42.0 Å². The van der Waals surface area contributed by atoms with Gasteiger partial charge < -0.3 is 10.1 Å². The second-order valence-electron chi connectivity index (χ2n) is 4.34. The summed E-state index contributed by atoms with van der Waals surface area (Å²) < 4.78 is 20.4. The molecule has 0 bridgehead atoms. The molecule has 4 heteroatoms. The van der Waals surface area contributed by atoms with Gasteiger partial charge in [-0.3, -0.25) is 0 Å². The molecule has 0 aromatic heterocycles. The number of para-hydroxylation sites is 1. The maximum absolute atomic E-state index is 14.3. The zero-order valence-corrected chi connectivity index (χ0v) is 13.1. The minimum atomic E-state index is -0.254. The van der Waals surface area contributed by atoms with Crippen LogP contribution in [0.3, 0.4) is 0 Å². The van der Waals surface area contributed by atoms with Crippen LogP contribution < -0.4 is 10.1 Å². The molecule has 1 unspecified atom stereocenters. The Labute approximate surface area is 127 Å². The molecule has 0 aliphatic rings. The molecule has 1 atom stereocenters. The molecular formula is C16H17BrFNO. The molecule has 2 aromatic carbocycles. The molecule has 20 heavy (non-hydrogen) atoms. The van der Waals surface area contributed by atoms with E-state index < -0.39 is 0 Å². The van der Waals surface area contributed by atoms with Crippen LogP contribution in [0.1, 0.15) is 24.1 Å². The fourth-order valence-electron chi connectivity index (χ4n) is 2.23. The maximum Gasteiger partial charge on any atom is 0.142 e. The monoisotopic (exact) mass is 337 g/mol. The first-order valence-corrected chi connectivity index (χ1v) is 7.31. The average molecular weight is 338 g/mol. The minimum absolute atomic E-state index is 0.252.